The van der Waals surface area contributed by atoms with Gasteiger partial charge in [-0.1, -0.05) is 42.1 Å². The van der Waals surface area contributed by atoms with Crippen LogP contribution in [0.25, 0.3) is 22.3 Å². The molecular weight excluding hydrogens is 370 g/mol. The van der Waals surface area contributed by atoms with Gasteiger partial charge in [0.1, 0.15) is 17.4 Å². The van der Waals surface area contributed by atoms with Crippen LogP contribution in [0.4, 0.5) is 0 Å². The van der Waals surface area contributed by atoms with Crippen LogP contribution in [0.1, 0.15) is 12.7 Å². The van der Waals surface area contributed by atoms with Gasteiger partial charge < -0.3 is 10.1 Å². The molecule has 4 aromatic rings. The lowest BCUT2D eigenvalue weighted by Gasteiger charge is -2.13. The van der Waals surface area contributed by atoms with E-state index in [-0.39, 0.29) is 16.6 Å². The first kappa shape index (κ1) is 17.9. The first-order valence-corrected chi connectivity index (χ1v) is 9.59. The van der Waals surface area contributed by atoms with E-state index < -0.39 is 0 Å². The Morgan fingerprint density at radius 1 is 1.18 bits per heavy atom. The Kier molecular flexibility index (Phi) is 4.87. The number of aromatic nitrogens is 4. The third-order valence-electron chi connectivity index (χ3n) is 4.30. The van der Waals surface area contributed by atoms with Gasteiger partial charge in [0.2, 0.25) is 0 Å². The quantitative estimate of drug-likeness (QED) is 0.294. The summed E-state index contributed by atoms with van der Waals surface area (Å²) in [6.45, 7) is 1.84. The second kappa shape index (κ2) is 7.62. The van der Waals surface area contributed by atoms with Crippen molar-refractivity contribution >= 4 is 28.4 Å². The number of benzene rings is 2. The summed E-state index contributed by atoms with van der Waals surface area (Å²) in [5.74, 6) is 0.328. The van der Waals surface area contributed by atoms with Gasteiger partial charge in [-0.3, -0.25) is 4.57 Å². The highest BCUT2D eigenvalue weighted by Crippen LogP contribution is 2.31. The fourth-order valence-electron chi connectivity index (χ4n) is 2.88. The molecule has 0 unspecified atom stereocenters. The number of para-hydroxylation sites is 3. The Morgan fingerprint density at radius 2 is 1.93 bits per heavy atom. The number of thioether (sulfide) groups is 1. The largest absolute Gasteiger partial charge is 0.510 e. The number of allylic oxidation sites excluding steroid dienone is 1. The minimum absolute atomic E-state index is 0.0332. The van der Waals surface area contributed by atoms with Crippen molar-refractivity contribution in [1.29, 1.82) is 5.26 Å². The van der Waals surface area contributed by atoms with Crippen molar-refractivity contribution in [1.82, 2.24) is 19.5 Å². The van der Waals surface area contributed by atoms with E-state index in [1.165, 1.54) is 11.8 Å². The normalized spacial score (nSPS) is 13.1. The van der Waals surface area contributed by atoms with Gasteiger partial charge in [0, 0.05) is 18.1 Å². The molecule has 0 aliphatic rings. The zero-order valence-corrected chi connectivity index (χ0v) is 15.9. The Bertz CT molecular complexity index is 1150. The molecule has 2 heterocycles. The van der Waals surface area contributed by atoms with Crippen LogP contribution in [0.2, 0.25) is 0 Å². The summed E-state index contributed by atoms with van der Waals surface area (Å²) in [5.41, 5.74) is 2.68. The van der Waals surface area contributed by atoms with E-state index in [0.29, 0.717) is 5.82 Å². The number of aliphatic hydroxyl groups excluding tert-OH is 1. The number of H-pyrrole nitrogens is 1. The maximum atomic E-state index is 10.8. The van der Waals surface area contributed by atoms with E-state index in [9.17, 15) is 10.4 Å². The van der Waals surface area contributed by atoms with Gasteiger partial charge in [-0.25, -0.2) is 9.97 Å². The predicted molar refractivity (Wildman–Crippen MR) is 110 cm³/mol. The summed E-state index contributed by atoms with van der Waals surface area (Å²) in [6, 6.07) is 19.4. The molecule has 0 bridgehead atoms. The Morgan fingerprint density at radius 3 is 2.68 bits per heavy atom. The Hall–Kier alpha value is -3.50. The van der Waals surface area contributed by atoms with Crippen molar-refractivity contribution in [3.63, 3.8) is 0 Å². The number of hydrogen-bond donors (Lipinski definition) is 2. The van der Waals surface area contributed by atoms with Gasteiger partial charge in [-0.05, 0) is 31.2 Å². The maximum absolute atomic E-state index is 10.8. The van der Waals surface area contributed by atoms with Crippen LogP contribution in [0.3, 0.4) is 0 Å². The molecule has 28 heavy (non-hydrogen) atoms. The molecule has 0 aliphatic heterocycles. The molecule has 0 radical (unpaired) electrons. The number of nitrogens with zero attached hydrogens (tertiary/aromatic N) is 4. The molecule has 0 saturated heterocycles. The average Bonchev–Trinajstić information content (AvgIpc) is 3.35. The summed E-state index contributed by atoms with van der Waals surface area (Å²) < 4.78 is 1.95. The SMILES string of the molecule is C[C@@H](Sc1nccn1-c1ccccc1)C(O)=C(C#N)c1nc2ccccc2[nH]1. The van der Waals surface area contributed by atoms with Gasteiger partial charge in [0.05, 0.1) is 16.3 Å². The number of aromatic amines is 1. The molecule has 0 aliphatic carbocycles. The number of fused-ring (bicyclic) bond motifs is 1. The van der Waals surface area contributed by atoms with E-state index >= 15 is 0 Å². The van der Waals surface area contributed by atoms with Crippen molar-refractivity contribution in [2.45, 2.75) is 17.3 Å². The smallest absolute Gasteiger partial charge is 0.173 e. The number of rotatable bonds is 5. The molecule has 0 spiro atoms. The molecular formula is C21H17N5OS. The molecule has 4 rings (SSSR count). The lowest BCUT2D eigenvalue weighted by Crippen LogP contribution is -2.07. The van der Waals surface area contributed by atoms with Crippen LogP contribution in [0.5, 0.6) is 0 Å². The maximum Gasteiger partial charge on any atom is 0.173 e. The van der Waals surface area contributed by atoms with Crippen molar-refractivity contribution in [2.24, 2.45) is 0 Å². The Labute approximate surface area is 166 Å². The number of hydrogen-bond acceptors (Lipinski definition) is 5. The van der Waals surface area contributed by atoms with E-state index in [1.807, 2.05) is 72.3 Å². The summed E-state index contributed by atoms with van der Waals surface area (Å²) >= 11 is 1.38. The molecule has 2 N–H and O–H groups in total. The highest BCUT2D eigenvalue weighted by atomic mass is 32.2. The monoisotopic (exact) mass is 387 g/mol. The summed E-state index contributed by atoms with van der Waals surface area (Å²) in [4.78, 5) is 11.9. The molecule has 6 nitrogen and oxygen atoms in total. The van der Waals surface area contributed by atoms with Crippen LogP contribution in [-0.2, 0) is 0 Å². The van der Waals surface area contributed by atoms with E-state index in [4.69, 9.17) is 0 Å². The molecule has 1 atom stereocenters. The second-order valence-corrected chi connectivity index (χ2v) is 7.46. The van der Waals surface area contributed by atoms with Crippen molar-refractivity contribution in [3.05, 3.63) is 78.6 Å². The van der Waals surface area contributed by atoms with Crippen molar-refractivity contribution < 1.29 is 5.11 Å². The standard InChI is InChI=1S/C21H17N5OS/c1-14(28-21-23-11-12-26(21)15-7-3-2-4-8-15)19(27)16(13-22)20-24-17-9-5-6-10-18(17)25-20/h2-12,14,27H,1H3,(H,24,25)/t14-/m1/s1. The number of nitriles is 1. The van der Waals surface area contributed by atoms with E-state index in [2.05, 4.69) is 21.0 Å². The molecule has 2 aromatic heterocycles. The molecule has 0 amide bonds. The van der Waals surface area contributed by atoms with Gasteiger partial charge in [-0.2, -0.15) is 5.26 Å². The third-order valence-corrected chi connectivity index (χ3v) is 5.39. The highest BCUT2D eigenvalue weighted by Gasteiger charge is 2.21. The summed E-state index contributed by atoms with van der Waals surface area (Å²) in [7, 11) is 0. The second-order valence-electron chi connectivity index (χ2n) is 6.15. The van der Waals surface area contributed by atoms with E-state index in [0.717, 1.165) is 21.9 Å². The zero-order chi connectivity index (χ0) is 19.5. The number of imidazole rings is 2. The van der Waals surface area contributed by atoms with Crippen LogP contribution in [-0.4, -0.2) is 29.9 Å². The van der Waals surface area contributed by atoms with Crippen LogP contribution in [0, 0.1) is 11.3 Å². The lowest BCUT2D eigenvalue weighted by molar-refractivity contribution is 0.401. The Balaban J connectivity index is 1.65. The lowest BCUT2D eigenvalue weighted by atomic mass is 10.2. The minimum Gasteiger partial charge on any atom is -0.510 e. The molecule has 0 saturated carbocycles. The summed E-state index contributed by atoms with van der Waals surface area (Å²) in [5, 5.41) is 20.7. The molecule has 7 heteroatoms. The fraction of sp³-hybridized carbons (Fsp3) is 0.0952. The fourth-order valence-corrected chi connectivity index (χ4v) is 3.83. The average molecular weight is 387 g/mol. The molecule has 2 aromatic carbocycles. The van der Waals surface area contributed by atoms with Crippen LogP contribution < -0.4 is 0 Å². The predicted octanol–water partition coefficient (Wildman–Crippen LogP) is 4.72. The first-order chi connectivity index (χ1) is 13.7. The third kappa shape index (κ3) is 3.38. The number of aliphatic hydroxyl groups is 1. The highest BCUT2D eigenvalue weighted by molar-refractivity contribution is 7.99. The van der Waals surface area contributed by atoms with Gasteiger partial charge >= 0.3 is 0 Å². The number of nitrogens with one attached hydrogen (secondary N) is 1. The van der Waals surface area contributed by atoms with E-state index in [1.54, 1.807) is 6.20 Å². The summed E-state index contributed by atoms with van der Waals surface area (Å²) in [6.07, 6.45) is 3.59. The van der Waals surface area contributed by atoms with Crippen LogP contribution >= 0.6 is 11.8 Å². The van der Waals surface area contributed by atoms with Crippen molar-refractivity contribution in [2.75, 3.05) is 0 Å². The van der Waals surface area contributed by atoms with Crippen LogP contribution in [0.15, 0.2) is 77.9 Å². The minimum atomic E-state index is -0.382. The van der Waals surface area contributed by atoms with Crippen molar-refractivity contribution in [3.8, 4) is 11.8 Å². The van der Waals surface area contributed by atoms with Gasteiger partial charge in [0.15, 0.2) is 11.0 Å². The molecule has 0 fully saturated rings. The first-order valence-electron chi connectivity index (χ1n) is 8.71. The zero-order valence-electron chi connectivity index (χ0n) is 15.1. The van der Waals surface area contributed by atoms with Gasteiger partial charge in [0.25, 0.3) is 0 Å². The molecule has 138 valence electrons. The topological polar surface area (TPSA) is 90.5 Å². The van der Waals surface area contributed by atoms with Gasteiger partial charge in [-0.15, -0.1) is 0 Å².